The van der Waals surface area contributed by atoms with Crippen molar-refractivity contribution in [2.24, 2.45) is 0 Å². The van der Waals surface area contributed by atoms with Gasteiger partial charge in [0.2, 0.25) is 0 Å². The zero-order valence-electron chi connectivity index (χ0n) is 13.0. The second kappa shape index (κ2) is 6.06. The Morgan fingerprint density at radius 2 is 2.13 bits per heavy atom. The van der Waals surface area contributed by atoms with Crippen LogP contribution in [0.3, 0.4) is 0 Å². The van der Waals surface area contributed by atoms with E-state index in [0.29, 0.717) is 0 Å². The van der Waals surface area contributed by atoms with Crippen LogP contribution in [0.5, 0.6) is 0 Å². The maximum Gasteiger partial charge on any atom is 0.123 e. The number of benzene rings is 1. The van der Waals surface area contributed by atoms with Gasteiger partial charge in [-0.2, -0.15) is 0 Å². The summed E-state index contributed by atoms with van der Waals surface area (Å²) in [5.74, 6) is 0.985. The average molecular weight is 309 g/mol. The first-order chi connectivity index (χ1) is 11.3. The van der Waals surface area contributed by atoms with Gasteiger partial charge in [-0.3, -0.25) is 9.88 Å². The van der Waals surface area contributed by atoms with Gasteiger partial charge in [-0.15, -0.1) is 0 Å². The Labute approximate surface area is 134 Å². The van der Waals surface area contributed by atoms with Gasteiger partial charge < -0.3 is 9.72 Å². The summed E-state index contributed by atoms with van der Waals surface area (Å²) in [7, 11) is 1.77. The van der Waals surface area contributed by atoms with Crippen molar-refractivity contribution >= 4 is 11.0 Å². The van der Waals surface area contributed by atoms with E-state index in [0.717, 1.165) is 42.1 Å². The van der Waals surface area contributed by atoms with Gasteiger partial charge in [0.1, 0.15) is 5.82 Å². The van der Waals surface area contributed by atoms with Crippen LogP contribution in [-0.4, -0.2) is 44.6 Å². The Morgan fingerprint density at radius 3 is 2.91 bits per heavy atom. The molecule has 3 heterocycles. The lowest BCUT2D eigenvalue weighted by Gasteiger charge is -2.22. The monoisotopic (exact) mass is 309 g/mol. The lowest BCUT2D eigenvalue weighted by molar-refractivity contribution is 0.107. The highest BCUT2D eigenvalue weighted by Gasteiger charge is 2.34. The minimum atomic E-state index is 0.221. The molecule has 4 rings (SSSR count). The van der Waals surface area contributed by atoms with Crippen LogP contribution in [0.25, 0.3) is 11.0 Å². The highest BCUT2D eigenvalue weighted by Crippen LogP contribution is 2.32. The van der Waals surface area contributed by atoms with Gasteiger partial charge in [0, 0.05) is 32.6 Å². The first-order valence-electron chi connectivity index (χ1n) is 7.80. The Kier molecular flexibility index (Phi) is 3.77. The quantitative estimate of drug-likeness (QED) is 0.801. The van der Waals surface area contributed by atoms with E-state index in [9.17, 15) is 0 Å². The summed E-state index contributed by atoms with van der Waals surface area (Å²) >= 11 is 0. The second-order valence-electron chi connectivity index (χ2n) is 5.86. The maximum atomic E-state index is 5.56. The van der Waals surface area contributed by atoms with Crippen LogP contribution in [0.2, 0.25) is 0 Å². The summed E-state index contributed by atoms with van der Waals surface area (Å²) in [5.41, 5.74) is 2.83. The molecule has 0 bridgehead atoms. The minimum Gasteiger partial charge on any atom is -0.380 e. The topological polar surface area (TPSA) is 66.9 Å². The number of likely N-dealkylation sites (tertiary alicyclic amines) is 1. The molecule has 1 saturated heterocycles. The first kappa shape index (κ1) is 14.3. The predicted octanol–water partition coefficient (Wildman–Crippen LogP) is 2.31. The molecule has 1 aliphatic rings. The number of imidazole rings is 1. The van der Waals surface area contributed by atoms with Crippen LogP contribution in [-0.2, 0) is 11.3 Å². The molecule has 6 heteroatoms. The lowest BCUT2D eigenvalue weighted by Crippen LogP contribution is -2.25. The molecule has 0 spiro atoms. The Balaban J connectivity index is 1.59. The van der Waals surface area contributed by atoms with Gasteiger partial charge in [0.15, 0.2) is 0 Å². The maximum absolute atomic E-state index is 5.56. The van der Waals surface area contributed by atoms with Crippen molar-refractivity contribution in [2.75, 3.05) is 13.7 Å². The molecule has 0 saturated carbocycles. The third kappa shape index (κ3) is 2.83. The molecule has 1 aromatic carbocycles. The van der Waals surface area contributed by atoms with Crippen LogP contribution >= 0.6 is 0 Å². The summed E-state index contributed by atoms with van der Waals surface area (Å²) in [5, 5.41) is 0. The number of rotatable bonds is 4. The van der Waals surface area contributed by atoms with Crippen molar-refractivity contribution in [3.8, 4) is 0 Å². The number of ether oxygens (including phenoxy) is 1. The largest absolute Gasteiger partial charge is 0.380 e. The molecule has 1 N–H and O–H groups in total. The number of aromatic amines is 1. The van der Waals surface area contributed by atoms with E-state index >= 15 is 0 Å². The minimum absolute atomic E-state index is 0.221. The van der Waals surface area contributed by atoms with E-state index in [-0.39, 0.29) is 12.1 Å². The summed E-state index contributed by atoms with van der Waals surface area (Å²) < 4.78 is 5.56. The van der Waals surface area contributed by atoms with Crippen LogP contribution < -0.4 is 0 Å². The average Bonchev–Trinajstić information content (AvgIpc) is 3.24. The van der Waals surface area contributed by atoms with E-state index in [4.69, 9.17) is 9.72 Å². The number of H-pyrrole nitrogens is 1. The summed E-state index contributed by atoms with van der Waals surface area (Å²) in [4.78, 5) is 19.2. The van der Waals surface area contributed by atoms with Gasteiger partial charge in [-0.25, -0.2) is 9.97 Å². The van der Waals surface area contributed by atoms with Crippen LogP contribution in [0.1, 0.15) is 24.0 Å². The van der Waals surface area contributed by atoms with Crippen LogP contribution in [0.15, 0.2) is 42.9 Å². The molecule has 1 fully saturated rings. The van der Waals surface area contributed by atoms with Gasteiger partial charge >= 0.3 is 0 Å². The van der Waals surface area contributed by atoms with Crippen LogP contribution in [0.4, 0.5) is 0 Å². The molecule has 0 radical (unpaired) electrons. The molecule has 2 aromatic heterocycles. The van der Waals surface area contributed by atoms with E-state index in [1.807, 2.05) is 36.7 Å². The number of para-hydroxylation sites is 2. The predicted molar refractivity (Wildman–Crippen MR) is 86.7 cm³/mol. The first-order valence-corrected chi connectivity index (χ1v) is 7.80. The number of aromatic nitrogens is 4. The van der Waals surface area contributed by atoms with Crippen molar-refractivity contribution in [1.29, 1.82) is 0 Å². The summed E-state index contributed by atoms with van der Waals surface area (Å²) in [6.45, 7) is 1.61. The Bertz CT molecular complexity index is 789. The highest BCUT2D eigenvalue weighted by atomic mass is 16.5. The fourth-order valence-corrected chi connectivity index (χ4v) is 3.23. The van der Waals surface area contributed by atoms with E-state index in [1.54, 1.807) is 13.3 Å². The molecule has 6 nitrogen and oxygen atoms in total. The number of fused-ring (bicyclic) bond motifs is 1. The fraction of sp³-hybridized carbons (Fsp3) is 0.353. The number of hydrogen-bond acceptors (Lipinski definition) is 5. The number of nitrogens with zero attached hydrogens (tertiary/aromatic N) is 4. The Morgan fingerprint density at radius 1 is 1.26 bits per heavy atom. The standard InChI is InChI=1S/C17H19N5O/c1-23-13-8-16(17-18-6-7-19-17)22(11-13)10-12-9-20-14-4-2-3-5-15(14)21-12/h2-7,9,13,16H,8,10-11H2,1H3,(H,18,19). The Hall–Kier alpha value is -2.31. The van der Waals surface area contributed by atoms with Crippen LogP contribution in [0, 0.1) is 0 Å². The molecule has 23 heavy (non-hydrogen) atoms. The van der Waals surface area contributed by atoms with Crippen molar-refractivity contribution < 1.29 is 4.74 Å². The van der Waals surface area contributed by atoms with Crippen molar-refractivity contribution in [1.82, 2.24) is 24.8 Å². The summed E-state index contributed by atoms with van der Waals surface area (Å²) in [6, 6.07) is 8.17. The van der Waals surface area contributed by atoms with Crippen molar-refractivity contribution in [2.45, 2.75) is 25.1 Å². The van der Waals surface area contributed by atoms with Crippen molar-refractivity contribution in [3.63, 3.8) is 0 Å². The molecule has 3 aromatic rings. The zero-order valence-corrected chi connectivity index (χ0v) is 13.0. The normalized spacial score (nSPS) is 22.0. The van der Waals surface area contributed by atoms with E-state index < -0.39 is 0 Å². The van der Waals surface area contributed by atoms with Gasteiger partial charge in [0.25, 0.3) is 0 Å². The lowest BCUT2D eigenvalue weighted by atomic mass is 10.2. The number of hydrogen-bond donors (Lipinski definition) is 1. The van der Waals surface area contributed by atoms with E-state index in [1.165, 1.54) is 0 Å². The third-order valence-corrected chi connectivity index (χ3v) is 4.40. The number of nitrogens with one attached hydrogen (secondary N) is 1. The molecular formula is C17H19N5O. The smallest absolute Gasteiger partial charge is 0.123 e. The second-order valence-corrected chi connectivity index (χ2v) is 5.86. The van der Waals surface area contributed by atoms with Gasteiger partial charge in [-0.05, 0) is 18.6 Å². The molecule has 0 amide bonds. The van der Waals surface area contributed by atoms with Crippen molar-refractivity contribution in [3.05, 3.63) is 54.4 Å². The SMILES string of the molecule is COC1CC(c2ncc[nH]2)N(Cc2cnc3ccccc3n2)C1. The van der Waals surface area contributed by atoms with Gasteiger partial charge in [-0.1, -0.05) is 12.1 Å². The highest BCUT2D eigenvalue weighted by molar-refractivity contribution is 5.73. The molecule has 2 unspecified atom stereocenters. The van der Waals surface area contributed by atoms with E-state index in [2.05, 4.69) is 19.9 Å². The molecule has 0 aliphatic carbocycles. The fourth-order valence-electron chi connectivity index (χ4n) is 3.23. The molecule has 1 aliphatic heterocycles. The third-order valence-electron chi connectivity index (χ3n) is 4.40. The zero-order chi connectivity index (χ0) is 15.6. The molecular weight excluding hydrogens is 290 g/mol. The molecule has 2 atom stereocenters. The summed E-state index contributed by atoms with van der Waals surface area (Å²) in [6.07, 6.45) is 6.68. The number of methoxy groups -OCH3 is 1. The molecule has 118 valence electrons. The van der Waals surface area contributed by atoms with Gasteiger partial charge in [0.05, 0.1) is 35.1 Å².